The van der Waals surface area contributed by atoms with E-state index in [9.17, 15) is 24.9 Å². The second kappa shape index (κ2) is 4.34. The molecule has 5 heteroatoms. The number of hydrogen-bond donors (Lipinski definition) is 3. The van der Waals surface area contributed by atoms with Crippen molar-refractivity contribution >= 4 is 11.9 Å². The number of aliphatic hydroxyl groups excluding tert-OH is 1. The lowest BCUT2D eigenvalue weighted by molar-refractivity contribution is -0.208. The topological polar surface area (TPSA) is 94.8 Å². The zero-order chi connectivity index (χ0) is 16.4. The predicted molar refractivity (Wildman–Crippen MR) is 79.2 cm³/mol. The largest absolute Gasteiger partial charge is 0.481 e. The molecule has 3 N–H and O–H groups in total. The first-order chi connectivity index (χ1) is 10.1. The Balaban J connectivity index is 2.12. The van der Waals surface area contributed by atoms with Crippen LogP contribution in [0.2, 0.25) is 0 Å². The lowest BCUT2D eigenvalue weighted by Crippen LogP contribution is -2.63. The Morgan fingerprint density at radius 2 is 1.73 bits per heavy atom. The van der Waals surface area contributed by atoms with Crippen LogP contribution in [0.3, 0.4) is 0 Å². The Morgan fingerprint density at radius 3 is 2.27 bits per heavy atom. The van der Waals surface area contributed by atoms with Crippen molar-refractivity contribution < 1.29 is 24.9 Å². The molecule has 4 aliphatic rings. The molecule has 0 aromatic carbocycles. The van der Waals surface area contributed by atoms with Gasteiger partial charge in [-0.15, -0.1) is 0 Å². The summed E-state index contributed by atoms with van der Waals surface area (Å²) in [7, 11) is 0. The van der Waals surface area contributed by atoms with Gasteiger partial charge in [-0.3, -0.25) is 4.79 Å². The zero-order valence-corrected chi connectivity index (χ0v) is 13.2. The summed E-state index contributed by atoms with van der Waals surface area (Å²) < 4.78 is 0. The predicted octanol–water partition coefficient (Wildman–Crippen LogP) is 2.44. The minimum absolute atomic E-state index is 0.0146. The Hall–Kier alpha value is -1.36. The van der Waals surface area contributed by atoms with Crippen LogP contribution in [-0.2, 0) is 9.59 Å². The third kappa shape index (κ3) is 2.09. The van der Waals surface area contributed by atoms with Gasteiger partial charge in [0.2, 0.25) is 0 Å². The van der Waals surface area contributed by atoms with E-state index < -0.39 is 22.8 Å². The molecule has 4 unspecified atom stereocenters. The van der Waals surface area contributed by atoms with Crippen molar-refractivity contribution in [1.29, 1.82) is 0 Å². The van der Waals surface area contributed by atoms with Gasteiger partial charge in [0.25, 0.3) is 0 Å². The summed E-state index contributed by atoms with van der Waals surface area (Å²) in [4.78, 5) is 23.2. The molecule has 4 fully saturated rings. The Bertz CT molecular complexity index is 582. The van der Waals surface area contributed by atoms with Crippen LogP contribution in [-0.4, -0.2) is 33.9 Å². The molecule has 0 saturated heterocycles. The summed E-state index contributed by atoms with van der Waals surface area (Å²) in [6.07, 6.45) is 5.80. The van der Waals surface area contributed by atoms with E-state index in [0.29, 0.717) is 25.7 Å². The van der Waals surface area contributed by atoms with E-state index in [0.717, 1.165) is 12.8 Å². The first-order valence-electron chi connectivity index (χ1n) is 7.85. The van der Waals surface area contributed by atoms with Crippen molar-refractivity contribution in [2.75, 3.05) is 6.61 Å². The van der Waals surface area contributed by atoms with Crippen LogP contribution >= 0.6 is 0 Å². The van der Waals surface area contributed by atoms with Crippen LogP contribution in [0.15, 0.2) is 11.6 Å². The Morgan fingerprint density at radius 1 is 1.05 bits per heavy atom. The average molecular weight is 308 g/mol. The van der Waals surface area contributed by atoms with Gasteiger partial charge in [0.05, 0.1) is 5.41 Å². The molecule has 4 aliphatic carbocycles. The summed E-state index contributed by atoms with van der Waals surface area (Å²) in [5.74, 6) is -1.75. The average Bonchev–Trinajstić information content (AvgIpc) is 2.35. The van der Waals surface area contributed by atoms with E-state index in [1.54, 1.807) is 13.0 Å². The summed E-state index contributed by atoms with van der Waals surface area (Å²) >= 11 is 0. The SMILES string of the molecule is CC(=CC12CC3(C)CC(CO)(C1)CC(C(=O)O)(C3)C2)C(=O)O. The summed E-state index contributed by atoms with van der Waals surface area (Å²) in [6.45, 7) is 3.66. The highest BCUT2D eigenvalue weighted by Gasteiger charge is 2.68. The number of hydrogen-bond acceptors (Lipinski definition) is 3. The molecular formula is C17H24O5. The molecule has 22 heavy (non-hydrogen) atoms. The molecule has 0 heterocycles. The third-order valence-corrected chi connectivity index (χ3v) is 6.13. The van der Waals surface area contributed by atoms with Gasteiger partial charge in [-0.2, -0.15) is 0 Å². The molecule has 5 nitrogen and oxygen atoms in total. The minimum atomic E-state index is -0.955. The number of rotatable bonds is 4. The number of aliphatic carboxylic acids is 2. The fourth-order valence-corrected chi connectivity index (χ4v) is 6.53. The van der Waals surface area contributed by atoms with Crippen molar-refractivity contribution in [3.8, 4) is 0 Å². The lowest BCUT2D eigenvalue weighted by Gasteiger charge is -2.68. The van der Waals surface area contributed by atoms with Crippen molar-refractivity contribution in [3.05, 3.63) is 11.6 Å². The third-order valence-electron chi connectivity index (χ3n) is 6.13. The first kappa shape index (κ1) is 15.5. The van der Waals surface area contributed by atoms with Crippen molar-refractivity contribution in [1.82, 2.24) is 0 Å². The number of carbonyl (C=O) groups is 2. The highest BCUT2D eigenvalue weighted by molar-refractivity contribution is 5.86. The van der Waals surface area contributed by atoms with Gasteiger partial charge < -0.3 is 15.3 Å². The number of aliphatic hydroxyl groups is 1. The maximum atomic E-state index is 12.0. The fourth-order valence-electron chi connectivity index (χ4n) is 6.53. The second-order valence-corrected chi connectivity index (χ2v) is 8.61. The molecule has 122 valence electrons. The fraction of sp³-hybridized carbons (Fsp3) is 0.765. The molecule has 0 spiro atoms. The summed E-state index contributed by atoms with van der Waals surface area (Å²) in [5.41, 5.74) is -1.46. The van der Waals surface area contributed by atoms with E-state index in [-0.39, 0.29) is 23.0 Å². The lowest BCUT2D eigenvalue weighted by atomic mass is 9.35. The zero-order valence-electron chi connectivity index (χ0n) is 13.2. The van der Waals surface area contributed by atoms with Crippen molar-refractivity contribution in [2.24, 2.45) is 21.7 Å². The van der Waals surface area contributed by atoms with Gasteiger partial charge in [0, 0.05) is 12.2 Å². The van der Waals surface area contributed by atoms with Gasteiger partial charge in [0.15, 0.2) is 0 Å². The van der Waals surface area contributed by atoms with E-state index >= 15 is 0 Å². The smallest absolute Gasteiger partial charge is 0.330 e. The van der Waals surface area contributed by atoms with Gasteiger partial charge >= 0.3 is 11.9 Å². The van der Waals surface area contributed by atoms with Crippen LogP contribution in [0.1, 0.15) is 52.4 Å². The molecule has 4 saturated carbocycles. The van der Waals surface area contributed by atoms with Gasteiger partial charge in [-0.1, -0.05) is 13.0 Å². The van der Waals surface area contributed by atoms with E-state index in [1.165, 1.54) is 0 Å². The van der Waals surface area contributed by atoms with Crippen LogP contribution in [0, 0.1) is 21.7 Å². The van der Waals surface area contributed by atoms with E-state index in [2.05, 4.69) is 6.92 Å². The summed E-state index contributed by atoms with van der Waals surface area (Å²) in [5, 5.41) is 29.0. The maximum absolute atomic E-state index is 12.0. The highest BCUT2D eigenvalue weighted by Crippen LogP contribution is 2.74. The van der Waals surface area contributed by atoms with E-state index in [1.807, 2.05) is 0 Å². The molecule has 4 rings (SSSR count). The highest BCUT2D eigenvalue weighted by atomic mass is 16.4. The van der Waals surface area contributed by atoms with E-state index in [4.69, 9.17) is 0 Å². The quantitative estimate of drug-likeness (QED) is 0.693. The van der Waals surface area contributed by atoms with Crippen molar-refractivity contribution in [2.45, 2.75) is 52.4 Å². The minimum Gasteiger partial charge on any atom is -0.481 e. The molecule has 0 amide bonds. The van der Waals surface area contributed by atoms with Gasteiger partial charge in [0.1, 0.15) is 0 Å². The number of allylic oxidation sites excluding steroid dienone is 1. The van der Waals surface area contributed by atoms with Crippen LogP contribution in [0.4, 0.5) is 0 Å². The normalized spacial score (nSPS) is 46.8. The molecule has 4 bridgehead atoms. The molecule has 0 aromatic heterocycles. The molecule has 0 aliphatic heterocycles. The molecule has 4 atom stereocenters. The monoisotopic (exact) mass is 308 g/mol. The standard InChI is InChI=1S/C17H24O5/c1-11(12(19)20)3-15-4-14(2)5-16(7-15,10-18)9-17(6-14,8-15)13(21)22/h3,18H,4-10H2,1-2H3,(H,19,20)(H,21,22). The van der Waals surface area contributed by atoms with Crippen LogP contribution < -0.4 is 0 Å². The number of carboxylic acids is 2. The number of carboxylic acid groups (broad SMARTS) is 2. The van der Waals surface area contributed by atoms with Gasteiger partial charge in [-0.25, -0.2) is 4.79 Å². The Kier molecular flexibility index (Phi) is 3.07. The second-order valence-electron chi connectivity index (χ2n) is 8.61. The van der Waals surface area contributed by atoms with Crippen molar-refractivity contribution in [3.63, 3.8) is 0 Å². The Labute approximate surface area is 130 Å². The van der Waals surface area contributed by atoms with Crippen LogP contribution in [0.5, 0.6) is 0 Å². The maximum Gasteiger partial charge on any atom is 0.330 e. The molecular weight excluding hydrogens is 284 g/mol. The molecule has 0 radical (unpaired) electrons. The first-order valence-corrected chi connectivity index (χ1v) is 7.85. The van der Waals surface area contributed by atoms with Crippen LogP contribution in [0.25, 0.3) is 0 Å². The van der Waals surface area contributed by atoms with Gasteiger partial charge in [-0.05, 0) is 61.7 Å². The summed E-state index contributed by atoms with van der Waals surface area (Å²) in [6, 6.07) is 0. The molecule has 0 aromatic rings.